The molecule has 2 amide bonds. The standard InChI is InChI=1S/C19H22ClN5O2/c1-13-18(26)24-8-7-23(12-17(24)19(27)22(13)2)10-14-9-21-25(11-14)16-6-4-3-5-15(16)20/h3-6,9,11,13,17H,7-8,10,12H2,1-2H3/t13-,17+/m0/s1. The molecule has 2 atom stereocenters. The minimum absolute atomic E-state index is 0.0126. The summed E-state index contributed by atoms with van der Waals surface area (Å²) in [6.45, 7) is 4.32. The third-order valence-electron chi connectivity index (χ3n) is 5.46. The maximum absolute atomic E-state index is 12.6. The molecule has 142 valence electrons. The SMILES string of the molecule is C[C@H]1C(=O)N2CCN(Cc3cnn(-c4ccccc4Cl)c3)C[C@@H]2C(=O)N1C. The van der Waals surface area contributed by atoms with Crippen molar-refractivity contribution in [2.45, 2.75) is 25.6 Å². The molecule has 2 fully saturated rings. The van der Waals surface area contributed by atoms with Gasteiger partial charge in [-0.2, -0.15) is 5.10 Å². The van der Waals surface area contributed by atoms with Gasteiger partial charge in [0.15, 0.2) is 0 Å². The summed E-state index contributed by atoms with van der Waals surface area (Å²) in [4.78, 5) is 30.6. The summed E-state index contributed by atoms with van der Waals surface area (Å²) in [5.41, 5.74) is 1.87. The minimum Gasteiger partial charge on any atom is -0.332 e. The molecular formula is C19H22ClN5O2. The van der Waals surface area contributed by atoms with Crippen LogP contribution in [0.2, 0.25) is 5.02 Å². The smallest absolute Gasteiger partial charge is 0.247 e. The molecule has 0 aliphatic carbocycles. The van der Waals surface area contributed by atoms with Crippen LogP contribution < -0.4 is 0 Å². The Bertz CT molecular complexity index is 882. The van der Waals surface area contributed by atoms with E-state index in [2.05, 4.69) is 10.00 Å². The van der Waals surface area contributed by atoms with E-state index < -0.39 is 6.04 Å². The Labute approximate surface area is 163 Å². The first-order chi connectivity index (χ1) is 13.0. The minimum atomic E-state index is -0.397. The molecule has 0 saturated carbocycles. The molecule has 2 aliphatic heterocycles. The van der Waals surface area contributed by atoms with Gasteiger partial charge < -0.3 is 9.80 Å². The van der Waals surface area contributed by atoms with Gasteiger partial charge in [-0.15, -0.1) is 0 Å². The number of hydrogen-bond acceptors (Lipinski definition) is 4. The van der Waals surface area contributed by atoms with Gasteiger partial charge in [0.25, 0.3) is 0 Å². The first-order valence-electron chi connectivity index (χ1n) is 9.03. The number of piperazine rings is 2. The zero-order valence-electron chi connectivity index (χ0n) is 15.4. The van der Waals surface area contributed by atoms with E-state index in [1.54, 1.807) is 28.5 Å². The van der Waals surface area contributed by atoms with E-state index in [1.807, 2.05) is 36.7 Å². The number of likely N-dealkylation sites (N-methyl/N-ethyl adjacent to an activating group) is 1. The van der Waals surface area contributed by atoms with Crippen molar-refractivity contribution in [3.05, 3.63) is 47.2 Å². The highest BCUT2D eigenvalue weighted by Crippen LogP contribution is 2.23. The largest absolute Gasteiger partial charge is 0.332 e. The highest BCUT2D eigenvalue weighted by Gasteiger charge is 2.44. The molecule has 1 aromatic carbocycles. The number of halogens is 1. The van der Waals surface area contributed by atoms with Crippen molar-refractivity contribution in [1.29, 1.82) is 0 Å². The van der Waals surface area contributed by atoms with Gasteiger partial charge in [0, 0.05) is 45.0 Å². The van der Waals surface area contributed by atoms with E-state index >= 15 is 0 Å². The molecule has 0 spiro atoms. The number of nitrogens with zero attached hydrogens (tertiary/aromatic N) is 5. The second kappa shape index (κ2) is 6.98. The van der Waals surface area contributed by atoms with Crippen molar-refractivity contribution in [2.75, 3.05) is 26.7 Å². The van der Waals surface area contributed by atoms with Crippen LogP contribution in [-0.4, -0.2) is 75.1 Å². The van der Waals surface area contributed by atoms with Gasteiger partial charge in [-0.25, -0.2) is 4.68 Å². The summed E-state index contributed by atoms with van der Waals surface area (Å²) in [5, 5.41) is 5.05. The molecule has 0 N–H and O–H groups in total. The van der Waals surface area contributed by atoms with E-state index in [1.165, 1.54) is 0 Å². The van der Waals surface area contributed by atoms with Crippen LogP contribution in [0.15, 0.2) is 36.7 Å². The zero-order chi connectivity index (χ0) is 19.1. The Morgan fingerprint density at radius 2 is 1.96 bits per heavy atom. The third kappa shape index (κ3) is 3.21. The number of aromatic nitrogens is 2. The topological polar surface area (TPSA) is 61.7 Å². The summed E-state index contributed by atoms with van der Waals surface area (Å²) >= 11 is 6.24. The average Bonchev–Trinajstić information content (AvgIpc) is 3.13. The summed E-state index contributed by atoms with van der Waals surface area (Å²) in [5.74, 6) is 0.0480. The van der Waals surface area contributed by atoms with E-state index in [9.17, 15) is 9.59 Å². The van der Waals surface area contributed by atoms with Gasteiger partial charge >= 0.3 is 0 Å². The first-order valence-corrected chi connectivity index (χ1v) is 9.41. The van der Waals surface area contributed by atoms with Crippen LogP contribution in [0.5, 0.6) is 0 Å². The lowest BCUT2D eigenvalue weighted by molar-refractivity contribution is -0.163. The van der Waals surface area contributed by atoms with Crippen LogP contribution >= 0.6 is 11.6 Å². The zero-order valence-corrected chi connectivity index (χ0v) is 16.1. The summed E-state index contributed by atoms with van der Waals surface area (Å²) in [6, 6.07) is 6.78. The summed E-state index contributed by atoms with van der Waals surface area (Å²) < 4.78 is 1.76. The predicted octanol–water partition coefficient (Wildman–Crippen LogP) is 1.40. The van der Waals surface area contributed by atoms with Crippen LogP contribution in [0.4, 0.5) is 0 Å². The number of para-hydroxylation sites is 1. The van der Waals surface area contributed by atoms with Crippen molar-refractivity contribution in [3.63, 3.8) is 0 Å². The van der Waals surface area contributed by atoms with Gasteiger partial charge in [0.05, 0.1) is 16.9 Å². The van der Waals surface area contributed by atoms with E-state index in [0.29, 0.717) is 24.7 Å². The maximum atomic E-state index is 12.6. The Morgan fingerprint density at radius 3 is 2.74 bits per heavy atom. The van der Waals surface area contributed by atoms with Crippen molar-refractivity contribution in [2.24, 2.45) is 0 Å². The van der Waals surface area contributed by atoms with Crippen LogP contribution in [0.3, 0.4) is 0 Å². The lowest BCUT2D eigenvalue weighted by Gasteiger charge is -2.47. The number of hydrogen-bond donors (Lipinski definition) is 0. The summed E-state index contributed by atoms with van der Waals surface area (Å²) in [6.07, 6.45) is 3.77. The molecule has 2 aliphatic rings. The molecule has 1 aromatic heterocycles. The number of carbonyl (C=O) groups excluding carboxylic acids is 2. The molecule has 2 aromatic rings. The van der Waals surface area contributed by atoms with Gasteiger partial charge in [-0.05, 0) is 19.1 Å². The molecule has 0 unspecified atom stereocenters. The monoisotopic (exact) mass is 387 g/mol. The normalized spacial score (nSPS) is 23.7. The number of benzene rings is 1. The van der Waals surface area contributed by atoms with Crippen LogP contribution in [0, 0.1) is 0 Å². The lowest BCUT2D eigenvalue weighted by Crippen LogP contribution is -2.68. The second-order valence-electron chi connectivity index (χ2n) is 7.15. The maximum Gasteiger partial charge on any atom is 0.247 e. The molecule has 7 nitrogen and oxygen atoms in total. The Morgan fingerprint density at radius 1 is 1.19 bits per heavy atom. The van der Waals surface area contributed by atoms with Gasteiger partial charge in [-0.1, -0.05) is 23.7 Å². The number of carbonyl (C=O) groups is 2. The summed E-state index contributed by atoms with van der Waals surface area (Å²) in [7, 11) is 1.70. The van der Waals surface area contributed by atoms with Crippen molar-refractivity contribution < 1.29 is 9.59 Å². The fraction of sp³-hybridized carbons (Fsp3) is 0.421. The van der Waals surface area contributed by atoms with Crippen molar-refractivity contribution in [1.82, 2.24) is 24.5 Å². The Kier molecular flexibility index (Phi) is 4.65. The van der Waals surface area contributed by atoms with Crippen molar-refractivity contribution >= 4 is 23.4 Å². The fourth-order valence-corrected chi connectivity index (χ4v) is 3.98. The quantitative estimate of drug-likeness (QED) is 0.798. The predicted molar refractivity (Wildman–Crippen MR) is 102 cm³/mol. The molecule has 3 heterocycles. The third-order valence-corrected chi connectivity index (χ3v) is 5.78. The van der Waals surface area contributed by atoms with Crippen molar-refractivity contribution in [3.8, 4) is 5.69 Å². The molecule has 0 radical (unpaired) electrons. The van der Waals surface area contributed by atoms with E-state index in [-0.39, 0.29) is 17.9 Å². The highest BCUT2D eigenvalue weighted by molar-refractivity contribution is 6.32. The van der Waals surface area contributed by atoms with E-state index in [0.717, 1.165) is 17.8 Å². The number of amides is 2. The average molecular weight is 388 g/mol. The molecule has 4 rings (SSSR count). The second-order valence-corrected chi connectivity index (χ2v) is 7.56. The Balaban J connectivity index is 1.47. The van der Waals surface area contributed by atoms with Gasteiger partial charge in [-0.3, -0.25) is 14.5 Å². The number of rotatable bonds is 3. The lowest BCUT2D eigenvalue weighted by atomic mass is 10.0. The van der Waals surface area contributed by atoms with Crippen LogP contribution in [0.25, 0.3) is 5.69 Å². The number of fused-ring (bicyclic) bond motifs is 1. The molecule has 0 bridgehead atoms. The van der Waals surface area contributed by atoms with Gasteiger partial charge in [0.2, 0.25) is 11.8 Å². The fourth-order valence-electron chi connectivity index (χ4n) is 3.76. The molecule has 2 saturated heterocycles. The van der Waals surface area contributed by atoms with Gasteiger partial charge in [0.1, 0.15) is 12.1 Å². The molecule has 27 heavy (non-hydrogen) atoms. The molecule has 8 heteroatoms. The van der Waals surface area contributed by atoms with E-state index in [4.69, 9.17) is 11.6 Å². The highest BCUT2D eigenvalue weighted by atomic mass is 35.5. The van der Waals surface area contributed by atoms with Crippen LogP contribution in [-0.2, 0) is 16.1 Å². The Hall–Kier alpha value is -2.38. The van der Waals surface area contributed by atoms with Crippen LogP contribution in [0.1, 0.15) is 12.5 Å². The molecular weight excluding hydrogens is 366 g/mol. The first kappa shape index (κ1) is 18.0.